The Labute approximate surface area is 153 Å². The highest BCUT2D eigenvalue weighted by atomic mass is 19.1. The zero-order chi connectivity index (χ0) is 19.3. The number of anilines is 3. The van der Waals surface area contributed by atoms with Gasteiger partial charge in [-0.1, -0.05) is 0 Å². The highest BCUT2D eigenvalue weighted by Gasteiger charge is 2.52. The molecule has 7 heteroatoms. The predicted molar refractivity (Wildman–Crippen MR) is 101 cm³/mol. The van der Waals surface area contributed by atoms with Gasteiger partial charge >= 0.3 is 7.12 Å². The van der Waals surface area contributed by atoms with Crippen LogP contribution in [0.15, 0.2) is 36.4 Å². The maximum atomic E-state index is 14.3. The Morgan fingerprint density at radius 1 is 0.923 bits per heavy atom. The van der Waals surface area contributed by atoms with E-state index in [-0.39, 0.29) is 5.69 Å². The summed E-state index contributed by atoms with van der Waals surface area (Å²) in [7, 11) is 1.06. The molecule has 3 rings (SSSR count). The molecule has 0 aromatic heterocycles. The average Bonchev–Trinajstić information content (AvgIpc) is 2.74. The van der Waals surface area contributed by atoms with Crippen LogP contribution >= 0.6 is 0 Å². The molecule has 2 aromatic rings. The zero-order valence-electron chi connectivity index (χ0n) is 15.6. The molecule has 2 N–H and O–H groups in total. The SMILES string of the molecule is CN(c1ccc(F)cc1F)c1ccc(N)cc1B1OC(C)(C)C(C)(C)O1. The lowest BCUT2D eigenvalue weighted by Gasteiger charge is -2.32. The highest BCUT2D eigenvalue weighted by molar-refractivity contribution is 6.64. The summed E-state index contributed by atoms with van der Waals surface area (Å²) in [6, 6.07) is 8.74. The van der Waals surface area contributed by atoms with Crippen LogP contribution in [0, 0.1) is 11.6 Å². The Balaban J connectivity index is 2.04. The van der Waals surface area contributed by atoms with Crippen LogP contribution in [0.1, 0.15) is 27.7 Å². The summed E-state index contributed by atoms with van der Waals surface area (Å²) in [5.74, 6) is -1.27. The van der Waals surface area contributed by atoms with Crippen LogP contribution in [0.25, 0.3) is 0 Å². The van der Waals surface area contributed by atoms with Gasteiger partial charge in [0.2, 0.25) is 0 Å². The van der Waals surface area contributed by atoms with E-state index in [1.807, 2.05) is 27.7 Å². The van der Waals surface area contributed by atoms with Crippen molar-refractivity contribution in [1.82, 2.24) is 0 Å². The van der Waals surface area contributed by atoms with E-state index in [0.717, 1.165) is 6.07 Å². The van der Waals surface area contributed by atoms with Crippen LogP contribution in [-0.2, 0) is 9.31 Å². The lowest BCUT2D eigenvalue weighted by Crippen LogP contribution is -2.41. The molecule has 0 saturated carbocycles. The van der Waals surface area contributed by atoms with Crippen molar-refractivity contribution in [1.29, 1.82) is 0 Å². The van der Waals surface area contributed by atoms with E-state index in [2.05, 4.69) is 0 Å². The molecular formula is C19H23BF2N2O2. The van der Waals surface area contributed by atoms with Crippen molar-refractivity contribution >= 4 is 29.6 Å². The minimum Gasteiger partial charge on any atom is -0.399 e. The van der Waals surface area contributed by atoms with Gasteiger partial charge in [-0.3, -0.25) is 0 Å². The number of nitrogen functional groups attached to an aromatic ring is 1. The van der Waals surface area contributed by atoms with E-state index >= 15 is 0 Å². The van der Waals surface area contributed by atoms with Crippen LogP contribution in [0.5, 0.6) is 0 Å². The Hall–Kier alpha value is -2.12. The molecule has 26 heavy (non-hydrogen) atoms. The fourth-order valence-corrected chi connectivity index (χ4v) is 2.92. The summed E-state index contributed by atoms with van der Waals surface area (Å²) in [4.78, 5) is 1.63. The van der Waals surface area contributed by atoms with E-state index in [9.17, 15) is 8.78 Å². The summed E-state index contributed by atoms with van der Waals surface area (Å²) in [5.41, 5.74) is 7.09. The van der Waals surface area contributed by atoms with E-state index in [0.29, 0.717) is 16.8 Å². The van der Waals surface area contributed by atoms with Crippen LogP contribution in [0.4, 0.5) is 25.8 Å². The molecule has 0 spiro atoms. The van der Waals surface area contributed by atoms with Crippen LogP contribution in [0.3, 0.4) is 0 Å². The zero-order valence-corrected chi connectivity index (χ0v) is 15.6. The van der Waals surface area contributed by atoms with Crippen molar-refractivity contribution in [2.45, 2.75) is 38.9 Å². The minimum absolute atomic E-state index is 0.244. The first-order valence-corrected chi connectivity index (χ1v) is 8.46. The lowest BCUT2D eigenvalue weighted by molar-refractivity contribution is 0.00578. The Morgan fingerprint density at radius 3 is 2.08 bits per heavy atom. The van der Waals surface area contributed by atoms with Gasteiger partial charge in [-0.05, 0) is 58.0 Å². The van der Waals surface area contributed by atoms with Crippen molar-refractivity contribution < 1.29 is 18.1 Å². The molecule has 1 heterocycles. The summed E-state index contributed by atoms with van der Waals surface area (Å²) in [6.45, 7) is 7.84. The van der Waals surface area contributed by atoms with Gasteiger partial charge < -0.3 is 19.9 Å². The first-order valence-electron chi connectivity index (χ1n) is 8.46. The molecule has 0 aliphatic carbocycles. The number of hydrogen-bond donors (Lipinski definition) is 1. The number of halogens is 2. The van der Waals surface area contributed by atoms with Crippen molar-refractivity contribution in [2.75, 3.05) is 17.7 Å². The van der Waals surface area contributed by atoms with Gasteiger partial charge in [-0.15, -0.1) is 0 Å². The molecule has 138 valence electrons. The van der Waals surface area contributed by atoms with Gasteiger partial charge in [0.1, 0.15) is 11.6 Å². The second-order valence-electron chi connectivity index (χ2n) is 7.56. The lowest BCUT2D eigenvalue weighted by atomic mass is 9.77. The Bertz CT molecular complexity index is 826. The number of hydrogen-bond acceptors (Lipinski definition) is 4. The molecule has 0 radical (unpaired) electrons. The minimum atomic E-state index is -0.649. The molecule has 0 bridgehead atoms. The Kier molecular flexibility index (Phi) is 4.49. The standard InChI is InChI=1S/C19H23BF2N2O2/c1-18(2)19(3,4)26-20(25-18)14-11-13(23)7-9-16(14)24(5)17-8-6-12(21)10-15(17)22/h6-11H,23H2,1-5H3. The molecule has 0 unspecified atom stereocenters. The Morgan fingerprint density at radius 2 is 1.50 bits per heavy atom. The largest absolute Gasteiger partial charge is 0.497 e. The third-order valence-electron chi connectivity index (χ3n) is 5.19. The van der Waals surface area contributed by atoms with Gasteiger partial charge in [0.25, 0.3) is 0 Å². The first kappa shape index (κ1) is 18.7. The average molecular weight is 360 g/mol. The maximum Gasteiger partial charge on any atom is 0.497 e. The summed E-state index contributed by atoms with van der Waals surface area (Å²) in [6.07, 6.45) is 0. The van der Waals surface area contributed by atoms with Crippen LogP contribution in [0.2, 0.25) is 0 Å². The van der Waals surface area contributed by atoms with Gasteiger partial charge in [-0.2, -0.15) is 0 Å². The van der Waals surface area contributed by atoms with Gasteiger partial charge in [-0.25, -0.2) is 8.78 Å². The molecule has 1 saturated heterocycles. The molecule has 1 aliphatic heterocycles. The summed E-state index contributed by atoms with van der Waals surface area (Å²) in [5, 5.41) is 0. The number of benzene rings is 2. The molecule has 2 aromatic carbocycles. The van der Waals surface area contributed by atoms with Crippen molar-refractivity contribution in [3.63, 3.8) is 0 Å². The van der Waals surface area contributed by atoms with Gasteiger partial charge in [0.05, 0.1) is 16.9 Å². The van der Waals surface area contributed by atoms with Crippen molar-refractivity contribution in [3.8, 4) is 0 Å². The van der Waals surface area contributed by atoms with Crippen molar-refractivity contribution in [2.24, 2.45) is 0 Å². The highest BCUT2D eigenvalue weighted by Crippen LogP contribution is 2.38. The molecule has 1 fully saturated rings. The summed E-state index contributed by atoms with van der Waals surface area (Å²) >= 11 is 0. The van der Waals surface area contributed by atoms with Crippen LogP contribution in [-0.4, -0.2) is 25.4 Å². The summed E-state index contributed by atoms with van der Waals surface area (Å²) < 4.78 is 39.7. The fraction of sp³-hybridized carbons (Fsp3) is 0.368. The molecule has 1 aliphatic rings. The molecule has 4 nitrogen and oxygen atoms in total. The van der Waals surface area contributed by atoms with E-state index in [1.54, 1.807) is 30.1 Å². The fourth-order valence-electron chi connectivity index (χ4n) is 2.92. The third kappa shape index (κ3) is 3.17. The maximum absolute atomic E-state index is 14.3. The second kappa shape index (κ2) is 6.25. The van der Waals surface area contributed by atoms with Gasteiger partial charge in [0.15, 0.2) is 0 Å². The smallest absolute Gasteiger partial charge is 0.399 e. The number of nitrogens with two attached hydrogens (primary N) is 1. The molecule has 0 amide bonds. The molecule has 0 atom stereocenters. The quantitative estimate of drug-likeness (QED) is 0.671. The second-order valence-corrected chi connectivity index (χ2v) is 7.56. The monoisotopic (exact) mass is 360 g/mol. The predicted octanol–water partition coefficient (Wildman–Crippen LogP) is 3.61. The third-order valence-corrected chi connectivity index (χ3v) is 5.19. The van der Waals surface area contributed by atoms with E-state index in [1.165, 1.54) is 12.1 Å². The number of rotatable bonds is 3. The van der Waals surface area contributed by atoms with E-state index < -0.39 is 30.0 Å². The topological polar surface area (TPSA) is 47.7 Å². The van der Waals surface area contributed by atoms with Crippen molar-refractivity contribution in [3.05, 3.63) is 48.0 Å². The number of nitrogens with zero attached hydrogens (tertiary/aromatic N) is 1. The van der Waals surface area contributed by atoms with Gasteiger partial charge in [0, 0.05) is 30.0 Å². The van der Waals surface area contributed by atoms with Crippen LogP contribution < -0.4 is 16.1 Å². The first-order chi connectivity index (χ1) is 12.0. The normalized spacial score (nSPS) is 18.2. The molecular weight excluding hydrogens is 337 g/mol. The van der Waals surface area contributed by atoms with E-state index in [4.69, 9.17) is 15.0 Å².